The number of carbonyl (C=O) groups is 1. The van der Waals surface area contributed by atoms with Crippen LogP contribution in [0.1, 0.15) is 24.2 Å². The Kier molecular flexibility index (Phi) is 4.43. The highest BCUT2D eigenvalue weighted by Crippen LogP contribution is 2.24. The van der Waals surface area contributed by atoms with E-state index in [1.54, 1.807) is 4.90 Å². The molecule has 0 bridgehead atoms. The first-order valence-corrected chi connectivity index (χ1v) is 7.00. The van der Waals surface area contributed by atoms with Gasteiger partial charge in [0.15, 0.2) is 0 Å². The number of nitro groups is 1. The summed E-state index contributed by atoms with van der Waals surface area (Å²) in [5.74, 6) is -0.377. The van der Waals surface area contributed by atoms with Crippen LogP contribution in [0.15, 0.2) is 12.3 Å². The third kappa shape index (κ3) is 3.14. The molecule has 2 unspecified atom stereocenters. The van der Waals surface area contributed by atoms with E-state index < -0.39 is 4.92 Å². The predicted molar refractivity (Wildman–Crippen MR) is 78.5 cm³/mol. The van der Waals surface area contributed by atoms with E-state index in [2.05, 4.69) is 9.88 Å². The van der Waals surface area contributed by atoms with Gasteiger partial charge >= 0.3 is 0 Å². The minimum absolute atomic E-state index is 0.0102. The fraction of sp³-hybridized carbons (Fsp3) is 0.538. The number of likely N-dealkylation sites (N-methyl/N-ethyl adjacent to an activating group) is 1. The molecule has 2 rings (SSSR count). The first-order valence-electron chi connectivity index (χ1n) is 6.62. The van der Waals surface area contributed by atoms with Crippen molar-refractivity contribution < 1.29 is 9.72 Å². The molecule has 1 amide bonds. The van der Waals surface area contributed by atoms with Gasteiger partial charge in [0.05, 0.1) is 4.92 Å². The molecule has 1 aliphatic rings. The number of pyridine rings is 1. The van der Waals surface area contributed by atoms with Crippen LogP contribution in [0.4, 0.5) is 5.69 Å². The molecule has 1 fully saturated rings. The Bertz CT molecular complexity index is 569. The molecule has 1 aromatic rings. The number of halogens is 1. The van der Waals surface area contributed by atoms with Gasteiger partial charge in [0.25, 0.3) is 11.6 Å². The SMILES string of the molecule is CC1CN(C(=O)c2cc(Cl)ncc2[N+](=O)[O-])CC(C)N1C. The van der Waals surface area contributed by atoms with Gasteiger partial charge in [-0.1, -0.05) is 11.6 Å². The summed E-state index contributed by atoms with van der Waals surface area (Å²) in [4.78, 5) is 30.5. The van der Waals surface area contributed by atoms with Gasteiger partial charge < -0.3 is 4.90 Å². The molecule has 2 atom stereocenters. The van der Waals surface area contributed by atoms with E-state index in [1.165, 1.54) is 6.07 Å². The van der Waals surface area contributed by atoms with Crippen molar-refractivity contribution in [1.29, 1.82) is 0 Å². The Labute approximate surface area is 127 Å². The zero-order chi connectivity index (χ0) is 15.7. The van der Waals surface area contributed by atoms with Crippen LogP contribution in [0.25, 0.3) is 0 Å². The Morgan fingerprint density at radius 3 is 2.52 bits per heavy atom. The molecule has 1 saturated heterocycles. The highest BCUT2D eigenvalue weighted by molar-refractivity contribution is 6.29. The number of nitrogens with zero attached hydrogens (tertiary/aromatic N) is 4. The fourth-order valence-electron chi connectivity index (χ4n) is 2.48. The summed E-state index contributed by atoms with van der Waals surface area (Å²) in [5.41, 5.74) is -0.326. The maximum Gasteiger partial charge on any atom is 0.300 e. The Balaban J connectivity index is 2.32. The van der Waals surface area contributed by atoms with Gasteiger partial charge in [-0.25, -0.2) is 4.98 Å². The average Bonchev–Trinajstić information content (AvgIpc) is 2.42. The van der Waals surface area contributed by atoms with Crippen molar-refractivity contribution in [2.75, 3.05) is 20.1 Å². The van der Waals surface area contributed by atoms with E-state index >= 15 is 0 Å². The van der Waals surface area contributed by atoms with Crippen molar-refractivity contribution in [2.24, 2.45) is 0 Å². The van der Waals surface area contributed by atoms with Crippen LogP contribution in [0.2, 0.25) is 5.15 Å². The summed E-state index contributed by atoms with van der Waals surface area (Å²) in [5, 5.41) is 11.1. The smallest absolute Gasteiger partial charge is 0.300 e. The first kappa shape index (κ1) is 15.7. The van der Waals surface area contributed by atoms with Gasteiger partial charge in [-0.3, -0.25) is 19.8 Å². The lowest BCUT2D eigenvalue weighted by molar-refractivity contribution is -0.385. The van der Waals surface area contributed by atoms with Crippen LogP contribution in [0.5, 0.6) is 0 Å². The summed E-state index contributed by atoms with van der Waals surface area (Å²) in [6, 6.07) is 1.64. The summed E-state index contributed by atoms with van der Waals surface area (Å²) in [7, 11) is 2.00. The van der Waals surface area contributed by atoms with E-state index in [0.29, 0.717) is 13.1 Å². The number of aromatic nitrogens is 1. The quantitative estimate of drug-likeness (QED) is 0.472. The van der Waals surface area contributed by atoms with Crippen LogP contribution >= 0.6 is 11.6 Å². The molecule has 1 aromatic heterocycles. The summed E-state index contributed by atoms with van der Waals surface area (Å²) in [6.45, 7) is 5.08. The maximum atomic E-state index is 12.6. The molecule has 0 spiro atoms. The molecule has 0 saturated carbocycles. The minimum Gasteiger partial charge on any atom is -0.335 e. The van der Waals surface area contributed by atoms with Crippen LogP contribution < -0.4 is 0 Å². The van der Waals surface area contributed by atoms with Crippen molar-refractivity contribution in [3.63, 3.8) is 0 Å². The Morgan fingerprint density at radius 1 is 1.43 bits per heavy atom. The summed E-state index contributed by atoms with van der Waals surface area (Å²) in [6.07, 6.45) is 1.03. The zero-order valence-electron chi connectivity index (χ0n) is 12.1. The molecule has 8 heteroatoms. The van der Waals surface area contributed by atoms with Gasteiger partial charge in [-0.15, -0.1) is 0 Å². The van der Waals surface area contributed by atoms with Crippen molar-refractivity contribution in [3.05, 3.63) is 33.1 Å². The van der Waals surface area contributed by atoms with Gasteiger partial charge in [0.1, 0.15) is 16.9 Å². The number of carbonyl (C=O) groups excluding carboxylic acids is 1. The normalized spacial score (nSPS) is 23.1. The maximum absolute atomic E-state index is 12.6. The van der Waals surface area contributed by atoms with Gasteiger partial charge in [-0.2, -0.15) is 0 Å². The van der Waals surface area contributed by atoms with Crippen LogP contribution in [0, 0.1) is 10.1 Å². The fourth-order valence-corrected chi connectivity index (χ4v) is 2.64. The van der Waals surface area contributed by atoms with Crippen LogP contribution in [-0.2, 0) is 0 Å². The molecule has 21 heavy (non-hydrogen) atoms. The number of amides is 1. The Morgan fingerprint density at radius 2 is 2.00 bits per heavy atom. The van der Waals surface area contributed by atoms with Crippen LogP contribution in [-0.4, -0.2) is 57.8 Å². The van der Waals surface area contributed by atoms with Gasteiger partial charge in [-0.05, 0) is 27.0 Å². The molecular weight excluding hydrogens is 296 g/mol. The van der Waals surface area contributed by atoms with Crippen molar-refractivity contribution >= 4 is 23.2 Å². The number of rotatable bonds is 2. The third-order valence-corrected chi connectivity index (χ3v) is 4.13. The predicted octanol–water partition coefficient (Wildman–Crippen LogP) is 1.81. The van der Waals surface area contributed by atoms with Gasteiger partial charge in [0, 0.05) is 25.2 Å². The molecule has 0 N–H and O–H groups in total. The largest absolute Gasteiger partial charge is 0.335 e. The molecule has 2 heterocycles. The van der Waals surface area contributed by atoms with Crippen LogP contribution in [0.3, 0.4) is 0 Å². The Hall–Kier alpha value is -1.73. The van der Waals surface area contributed by atoms with Crippen molar-refractivity contribution in [3.8, 4) is 0 Å². The summed E-state index contributed by atoms with van der Waals surface area (Å²) >= 11 is 5.77. The van der Waals surface area contributed by atoms with E-state index in [-0.39, 0.29) is 34.4 Å². The second-order valence-electron chi connectivity index (χ2n) is 5.35. The van der Waals surface area contributed by atoms with E-state index in [9.17, 15) is 14.9 Å². The number of hydrogen-bond donors (Lipinski definition) is 0. The molecular formula is C13H17ClN4O3. The van der Waals surface area contributed by atoms with Crippen molar-refractivity contribution in [1.82, 2.24) is 14.8 Å². The topological polar surface area (TPSA) is 79.6 Å². The highest BCUT2D eigenvalue weighted by atomic mass is 35.5. The zero-order valence-corrected chi connectivity index (χ0v) is 12.9. The number of hydrogen-bond acceptors (Lipinski definition) is 5. The second kappa shape index (κ2) is 5.95. The lowest BCUT2D eigenvalue weighted by Crippen LogP contribution is -2.56. The molecule has 7 nitrogen and oxygen atoms in total. The number of piperazine rings is 1. The monoisotopic (exact) mass is 312 g/mol. The van der Waals surface area contributed by atoms with E-state index in [0.717, 1.165) is 6.20 Å². The first-order chi connectivity index (χ1) is 9.81. The lowest BCUT2D eigenvalue weighted by Gasteiger charge is -2.42. The van der Waals surface area contributed by atoms with Crippen molar-refractivity contribution in [2.45, 2.75) is 25.9 Å². The minimum atomic E-state index is -0.612. The standard InChI is InChI=1S/C13H17ClN4O3/c1-8-6-17(7-9(2)16(8)3)13(19)10-4-12(14)15-5-11(10)18(20)21/h4-5,8-9H,6-7H2,1-3H3. The lowest BCUT2D eigenvalue weighted by atomic mass is 10.1. The van der Waals surface area contributed by atoms with E-state index in [1.807, 2.05) is 20.9 Å². The third-order valence-electron chi connectivity index (χ3n) is 3.92. The van der Waals surface area contributed by atoms with E-state index in [4.69, 9.17) is 11.6 Å². The molecule has 114 valence electrons. The molecule has 1 aliphatic heterocycles. The molecule has 0 aromatic carbocycles. The van der Waals surface area contributed by atoms with Gasteiger partial charge in [0.2, 0.25) is 0 Å². The molecule has 0 radical (unpaired) electrons. The molecule has 0 aliphatic carbocycles. The average molecular weight is 313 g/mol. The summed E-state index contributed by atoms with van der Waals surface area (Å²) < 4.78 is 0. The second-order valence-corrected chi connectivity index (χ2v) is 5.74. The highest BCUT2D eigenvalue weighted by Gasteiger charge is 2.32.